The number of rotatable bonds is 6. The Balaban J connectivity index is 2.17. The largest absolute Gasteiger partial charge is 0.513 e. The van der Waals surface area contributed by atoms with Crippen molar-refractivity contribution in [3.05, 3.63) is 58.3 Å². The number of halogens is 3. The molecule has 0 unspecified atom stereocenters. The van der Waals surface area contributed by atoms with Crippen LogP contribution in [0.3, 0.4) is 0 Å². The summed E-state index contributed by atoms with van der Waals surface area (Å²) < 4.78 is 61.1. The van der Waals surface area contributed by atoms with E-state index < -0.39 is 30.0 Å². The molecule has 0 saturated heterocycles. The zero-order valence-electron chi connectivity index (χ0n) is 18.8. The van der Waals surface area contributed by atoms with Gasteiger partial charge in [-0.05, 0) is 52.2 Å². The molecule has 33 heavy (non-hydrogen) atoms. The first-order chi connectivity index (χ1) is 15.6. The summed E-state index contributed by atoms with van der Waals surface area (Å²) in [7, 11) is 0. The number of benzene rings is 1. The number of ether oxygens (including phenoxy) is 4. The van der Waals surface area contributed by atoms with Crippen molar-refractivity contribution in [2.75, 3.05) is 13.2 Å². The monoisotopic (exact) mass is 469 g/mol. The van der Waals surface area contributed by atoms with E-state index in [4.69, 9.17) is 18.9 Å². The molecule has 1 heterocycles. The molecule has 1 aliphatic carbocycles. The first-order valence-corrected chi connectivity index (χ1v) is 10.7. The molecule has 2 aliphatic rings. The maximum absolute atomic E-state index is 13.4. The van der Waals surface area contributed by atoms with Gasteiger partial charge in [0.2, 0.25) is 0 Å². The van der Waals surface area contributed by atoms with Crippen LogP contribution in [0.4, 0.5) is 22.8 Å². The summed E-state index contributed by atoms with van der Waals surface area (Å²) in [6, 6.07) is 4.68. The lowest BCUT2D eigenvalue weighted by atomic mass is 9.88. The van der Waals surface area contributed by atoms with E-state index in [9.17, 15) is 22.8 Å². The van der Waals surface area contributed by atoms with Gasteiger partial charge in [-0.1, -0.05) is 18.2 Å². The van der Waals surface area contributed by atoms with Gasteiger partial charge in [-0.3, -0.25) is 0 Å². The van der Waals surface area contributed by atoms with Crippen molar-refractivity contribution in [2.24, 2.45) is 0 Å². The van der Waals surface area contributed by atoms with Gasteiger partial charge >= 0.3 is 18.5 Å². The SMILES string of the molecule is CCOC(=O)OC1=C(C)N(C2CC2)C(C)=C(OC(=O)OCC)C1c1cccc(C(F)(F)F)c1. The minimum absolute atomic E-state index is 0.0320. The number of hydrogen-bond donors (Lipinski definition) is 0. The fourth-order valence-electron chi connectivity index (χ4n) is 3.84. The van der Waals surface area contributed by atoms with Crippen LogP contribution in [0.5, 0.6) is 0 Å². The summed E-state index contributed by atoms with van der Waals surface area (Å²) in [5.41, 5.74) is 0.312. The van der Waals surface area contributed by atoms with Crippen LogP contribution < -0.4 is 0 Å². The van der Waals surface area contributed by atoms with Crippen molar-refractivity contribution in [1.82, 2.24) is 4.90 Å². The van der Waals surface area contributed by atoms with Crippen LogP contribution in [0.15, 0.2) is 47.2 Å². The molecule has 0 N–H and O–H groups in total. The Morgan fingerprint density at radius 1 is 0.970 bits per heavy atom. The number of carbonyl (C=O) groups is 2. The van der Waals surface area contributed by atoms with Crippen LogP contribution in [0, 0.1) is 0 Å². The van der Waals surface area contributed by atoms with Crippen LogP contribution in [-0.2, 0) is 25.1 Å². The van der Waals surface area contributed by atoms with Gasteiger partial charge in [0.05, 0.1) is 30.2 Å². The lowest BCUT2D eigenvalue weighted by Crippen LogP contribution is -2.34. The van der Waals surface area contributed by atoms with Gasteiger partial charge in [0, 0.05) is 6.04 Å². The van der Waals surface area contributed by atoms with Crippen LogP contribution in [0.2, 0.25) is 0 Å². The molecule has 1 aliphatic heterocycles. The predicted molar refractivity (Wildman–Crippen MR) is 111 cm³/mol. The van der Waals surface area contributed by atoms with E-state index in [1.165, 1.54) is 12.1 Å². The summed E-state index contributed by atoms with van der Waals surface area (Å²) in [6.07, 6.45) is -4.87. The fraction of sp³-hybridized carbons (Fsp3) is 0.478. The van der Waals surface area contributed by atoms with E-state index in [1.54, 1.807) is 27.7 Å². The molecule has 1 aromatic carbocycles. The average molecular weight is 469 g/mol. The maximum atomic E-state index is 13.4. The molecule has 7 nitrogen and oxygen atoms in total. The Hall–Kier alpha value is -3.17. The fourth-order valence-corrected chi connectivity index (χ4v) is 3.84. The Bertz CT molecular complexity index is 937. The minimum atomic E-state index is -4.59. The smallest absolute Gasteiger partial charge is 0.434 e. The lowest BCUT2D eigenvalue weighted by Gasteiger charge is -2.37. The second kappa shape index (κ2) is 9.76. The molecule has 0 amide bonds. The van der Waals surface area contributed by atoms with Crippen LogP contribution >= 0.6 is 0 Å². The van der Waals surface area contributed by atoms with Gasteiger partial charge in [0.15, 0.2) is 0 Å². The van der Waals surface area contributed by atoms with Gasteiger partial charge in [0.25, 0.3) is 0 Å². The molecule has 0 aromatic heterocycles. The van der Waals surface area contributed by atoms with E-state index >= 15 is 0 Å². The summed E-state index contributed by atoms with van der Waals surface area (Å²) in [6.45, 7) is 6.71. The standard InChI is InChI=1S/C23H26F3NO6/c1-5-30-21(28)32-19-13(3)27(17-10-11-17)14(4)20(33-22(29)31-6-2)18(19)15-8-7-9-16(12-15)23(24,25)26/h7-9,12,17-18H,5-6,10-11H2,1-4H3. The molecule has 0 radical (unpaired) electrons. The third-order valence-electron chi connectivity index (χ3n) is 5.33. The topological polar surface area (TPSA) is 74.3 Å². The van der Waals surface area contributed by atoms with Gasteiger partial charge in [-0.15, -0.1) is 0 Å². The first-order valence-electron chi connectivity index (χ1n) is 10.7. The van der Waals surface area contributed by atoms with Crippen molar-refractivity contribution >= 4 is 12.3 Å². The van der Waals surface area contributed by atoms with E-state index in [-0.39, 0.29) is 36.3 Å². The second-order valence-electron chi connectivity index (χ2n) is 7.63. The molecular weight excluding hydrogens is 443 g/mol. The number of nitrogens with zero attached hydrogens (tertiary/aromatic N) is 1. The highest BCUT2D eigenvalue weighted by atomic mass is 19.4. The highest BCUT2D eigenvalue weighted by Gasteiger charge is 2.43. The minimum Gasteiger partial charge on any atom is -0.434 e. The molecule has 1 saturated carbocycles. The molecule has 0 atom stereocenters. The summed E-state index contributed by atoms with van der Waals surface area (Å²) in [4.78, 5) is 26.3. The zero-order valence-corrected chi connectivity index (χ0v) is 18.8. The van der Waals surface area contributed by atoms with Crippen LogP contribution in [-0.4, -0.2) is 36.5 Å². The van der Waals surface area contributed by atoms with Crippen molar-refractivity contribution in [3.63, 3.8) is 0 Å². The van der Waals surface area contributed by atoms with Crippen molar-refractivity contribution < 1.29 is 41.7 Å². The normalized spacial score (nSPS) is 17.2. The van der Waals surface area contributed by atoms with Gasteiger partial charge in [-0.2, -0.15) is 13.2 Å². The molecule has 1 fully saturated rings. The maximum Gasteiger partial charge on any atom is 0.513 e. The number of hydrogen-bond acceptors (Lipinski definition) is 7. The molecule has 180 valence electrons. The Morgan fingerprint density at radius 3 is 1.91 bits per heavy atom. The molecular formula is C23H26F3NO6. The van der Waals surface area contributed by atoms with Crippen LogP contribution in [0.1, 0.15) is 57.6 Å². The lowest BCUT2D eigenvalue weighted by molar-refractivity contribution is -0.137. The molecule has 0 bridgehead atoms. The Morgan fingerprint density at radius 2 is 1.48 bits per heavy atom. The van der Waals surface area contributed by atoms with Crippen molar-refractivity contribution in [2.45, 2.75) is 58.7 Å². The van der Waals surface area contributed by atoms with Gasteiger partial charge in [-0.25, -0.2) is 9.59 Å². The van der Waals surface area contributed by atoms with E-state index in [1.807, 2.05) is 4.90 Å². The highest BCUT2D eigenvalue weighted by Crippen LogP contribution is 2.47. The third kappa shape index (κ3) is 5.43. The number of carbonyl (C=O) groups excluding carboxylic acids is 2. The number of alkyl halides is 3. The number of allylic oxidation sites excluding steroid dienone is 2. The molecule has 0 spiro atoms. The van der Waals surface area contributed by atoms with Crippen molar-refractivity contribution in [3.8, 4) is 0 Å². The van der Waals surface area contributed by atoms with Crippen LogP contribution in [0.25, 0.3) is 0 Å². The summed E-state index contributed by atoms with van der Waals surface area (Å²) >= 11 is 0. The quantitative estimate of drug-likeness (QED) is 0.468. The second-order valence-corrected chi connectivity index (χ2v) is 7.63. The summed E-state index contributed by atoms with van der Waals surface area (Å²) in [5, 5.41) is 0. The molecule has 3 rings (SSSR count). The highest BCUT2D eigenvalue weighted by molar-refractivity contribution is 5.65. The molecule has 10 heteroatoms. The summed E-state index contributed by atoms with van der Waals surface area (Å²) in [5.74, 6) is -1.04. The predicted octanol–water partition coefficient (Wildman–Crippen LogP) is 6.08. The van der Waals surface area contributed by atoms with Crippen molar-refractivity contribution in [1.29, 1.82) is 0 Å². The average Bonchev–Trinajstić information content (AvgIpc) is 3.57. The Kier molecular flexibility index (Phi) is 7.24. The van der Waals surface area contributed by atoms with Gasteiger partial charge < -0.3 is 23.8 Å². The Labute approximate surface area is 189 Å². The third-order valence-corrected chi connectivity index (χ3v) is 5.33. The zero-order chi connectivity index (χ0) is 24.3. The van der Waals surface area contributed by atoms with E-state index in [2.05, 4.69) is 0 Å². The van der Waals surface area contributed by atoms with E-state index in [0.717, 1.165) is 25.0 Å². The molecule has 1 aromatic rings. The van der Waals surface area contributed by atoms with Gasteiger partial charge in [0.1, 0.15) is 17.4 Å². The first kappa shape index (κ1) is 24.5. The van der Waals surface area contributed by atoms with E-state index in [0.29, 0.717) is 11.4 Å².